The molecule has 1 atom stereocenters. The first-order valence-electron chi connectivity index (χ1n) is 4.04. The molecule has 64 valence electrons. The second-order valence-corrected chi connectivity index (χ2v) is 3.10. The summed E-state index contributed by atoms with van der Waals surface area (Å²) in [6.45, 7) is 2.78. The summed E-state index contributed by atoms with van der Waals surface area (Å²) in [6.07, 6.45) is 2.94. The molecule has 1 aliphatic rings. The maximum absolute atomic E-state index is 10.4. The number of hydrogen-bond donors (Lipinski definition) is 1. The summed E-state index contributed by atoms with van der Waals surface area (Å²) in [7, 11) is 0. The Kier molecular flexibility index (Phi) is 2.49. The van der Waals surface area contributed by atoms with Crippen LogP contribution in [0, 0.1) is 0 Å². The van der Waals surface area contributed by atoms with E-state index in [1.54, 1.807) is 0 Å². The molecule has 1 unspecified atom stereocenters. The predicted octanol–water partition coefficient (Wildman–Crippen LogP) is 1.42. The maximum atomic E-state index is 10.4. The number of carboxylic acid groups (broad SMARTS) is 1. The quantitative estimate of drug-likeness (QED) is 0.673. The van der Waals surface area contributed by atoms with Gasteiger partial charge in [-0.15, -0.1) is 0 Å². The minimum absolute atomic E-state index is 0.167. The van der Waals surface area contributed by atoms with Gasteiger partial charge in [0.05, 0.1) is 18.6 Å². The fourth-order valence-corrected chi connectivity index (χ4v) is 1.55. The smallest absolute Gasteiger partial charge is 0.306 e. The molecular formula is C8H14O3. The van der Waals surface area contributed by atoms with Crippen LogP contribution in [0.3, 0.4) is 0 Å². The van der Waals surface area contributed by atoms with Gasteiger partial charge >= 0.3 is 5.97 Å². The molecule has 0 aliphatic carbocycles. The lowest BCUT2D eigenvalue weighted by molar-refractivity contribution is -0.173. The molecule has 0 spiro atoms. The van der Waals surface area contributed by atoms with E-state index >= 15 is 0 Å². The summed E-state index contributed by atoms with van der Waals surface area (Å²) in [5.41, 5.74) is -0.305. The molecule has 0 aromatic rings. The van der Waals surface area contributed by atoms with E-state index in [2.05, 4.69) is 0 Å². The second kappa shape index (κ2) is 3.22. The Bertz CT molecular complexity index is 149. The van der Waals surface area contributed by atoms with Crippen molar-refractivity contribution < 1.29 is 14.6 Å². The average Bonchev–Trinajstić information content (AvgIpc) is 1.82. The Morgan fingerprint density at radius 1 is 1.73 bits per heavy atom. The molecule has 3 nitrogen and oxygen atoms in total. The average molecular weight is 158 g/mol. The molecule has 11 heavy (non-hydrogen) atoms. The summed E-state index contributed by atoms with van der Waals surface area (Å²) >= 11 is 0. The van der Waals surface area contributed by atoms with Crippen molar-refractivity contribution in [2.24, 2.45) is 0 Å². The third-order valence-corrected chi connectivity index (χ3v) is 2.14. The van der Waals surface area contributed by atoms with Crippen LogP contribution in [0.1, 0.15) is 32.6 Å². The first kappa shape index (κ1) is 8.53. The summed E-state index contributed by atoms with van der Waals surface area (Å²) in [4.78, 5) is 10.4. The second-order valence-electron chi connectivity index (χ2n) is 3.10. The van der Waals surface area contributed by atoms with Crippen LogP contribution in [0.25, 0.3) is 0 Å². The van der Waals surface area contributed by atoms with Crippen LogP contribution in [0.2, 0.25) is 0 Å². The molecule has 1 heterocycles. The van der Waals surface area contributed by atoms with Crippen molar-refractivity contribution in [3.05, 3.63) is 0 Å². The van der Waals surface area contributed by atoms with E-state index in [4.69, 9.17) is 9.84 Å². The zero-order valence-corrected chi connectivity index (χ0v) is 6.80. The van der Waals surface area contributed by atoms with Crippen molar-refractivity contribution in [3.63, 3.8) is 0 Å². The highest BCUT2D eigenvalue weighted by Crippen LogP contribution is 2.34. The van der Waals surface area contributed by atoms with E-state index in [1.165, 1.54) is 0 Å². The van der Waals surface area contributed by atoms with E-state index in [0.717, 1.165) is 25.9 Å². The molecular weight excluding hydrogens is 144 g/mol. The van der Waals surface area contributed by atoms with Gasteiger partial charge in [-0.2, -0.15) is 0 Å². The first-order chi connectivity index (χ1) is 5.18. The van der Waals surface area contributed by atoms with Gasteiger partial charge in [0.1, 0.15) is 0 Å². The number of carbonyl (C=O) groups is 1. The third kappa shape index (κ3) is 1.93. The van der Waals surface area contributed by atoms with Crippen molar-refractivity contribution in [1.29, 1.82) is 0 Å². The van der Waals surface area contributed by atoms with E-state index < -0.39 is 5.97 Å². The van der Waals surface area contributed by atoms with Crippen molar-refractivity contribution in [1.82, 2.24) is 0 Å². The molecule has 1 rings (SSSR count). The van der Waals surface area contributed by atoms with E-state index in [0.29, 0.717) is 0 Å². The SMILES string of the molecule is CCCC1(CC(=O)O)CCO1. The van der Waals surface area contributed by atoms with Gasteiger partial charge in [0.25, 0.3) is 0 Å². The number of aliphatic carboxylic acids is 1. The van der Waals surface area contributed by atoms with Crippen LogP contribution >= 0.6 is 0 Å². The maximum Gasteiger partial charge on any atom is 0.306 e. The Hall–Kier alpha value is -0.570. The lowest BCUT2D eigenvalue weighted by Crippen LogP contribution is -2.45. The summed E-state index contributed by atoms with van der Waals surface area (Å²) in [5.74, 6) is -0.752. The van der Waals surface area contributed by atoms with E-state index in [-0.39, 0.29) is 12.0 Å². The van der Waals surface area contributed by atoms with Gasteiger partial charge in [-0.25, -0.2) is 0 Å². The minimum atomic E-state index is -0.752. The topological polar surface area (TPSA) is 46.5 Å². The molecule has 0 aromatic heterocycles. The lowest BCUT2D eigenvalue weighted by Gasteiger charge is -2.40. The van der Waals surface area contributed by atoms with Crippen LogP contribution in [0.5, 0.6) is 0 Å². The Balaban J connectivity index is 2.39. The summed E-state index contributed by atoms with van der Waals surface area (Å²) < 4.78 is 5.29. The van der Waals surface area contributed by atoms with Gasteiger partial charge in [-0.05, 0) is 6.42 Å². The van der Waals surface area contributed by atoms with Crippen molar-refractivity contribution in [2.45, 2.75) is 38.2 Å². The fraction of sp³-hybridized carbons (Fsp3) is 0.875. The number of ether oxygens (including phenoxy) is 1. The summed E-state index contributed by atoms with van der Waals surface area (Å²) in [5, 5.41) is 8.56. The predicted molar refractivity (Wildman–Crippen MR) is 40.5 cm³/mol. The summed E-state index contributed by atoms with van der Waals surface area (Å²) in [6, 6.07) is 0. The highest BCUT2D eigenvalue weighted by Gasteiger charge is 2.39. The normalized spacial score (nSPS) is 29.5. The molecule has 1 N–H and O–H groups in total. The van der Waals surface area contributed by atoms with Crippen LogP contribution in [0.4, 0.5) is 0 Å². The number of rotatable bonds is 4. The molecule has 0 radical (unpaired) electrons. The number of carboxylic acids is 1. The lowest BCUT2D eigenvalue weighted by atomic mass is 9.86. The third-order valence-electron chi connectivity index (χ3n) is 2.14. The van der Waals surface area contributed by atoms with Gasteiger partial charge in [0.2, 0.25) is 0 Å². The van der Waals surface area contributed by atoms with Gasteiger partial charge in [-0.1, -0.05) is 13.3 Å². The van der Waals surface area contributed by atoms with Gasteiger partial charge in [-0.3, -0.25) is 4.79 Å². The van der Waals surface area contributed by atoms with Crippen LogP contribution in [-0.2, 0) is 9.53 Å². The van der Waals surface area contributed by atoms with E-state index in [1.807, 2.05) is 6.92 Å². The van der Waals surface area contributed by atoms with Gasteiger partial charge in [0.15, 0.2) is 0 Å². The molecule has 1 aliphatic heterocycles. The highest BCUT2D eigenvalue weighted by molar-refractivity contribution is 5.68. The number of hydrogen-bond acceptors (Lipinski definition) is 2. The zero-order chi connectivity index (χ0) is 8.32. The van der Waals surface area contributed by atoms with Crippen molar-refractivity contribution >= 4 is 5.97 Å². The van der Waals surface area contributed by atoms with Gasteiger partial charge in [0, 0.05) is 6.42 Å². The zero-order valence-electron chi connectivity index (χ0n) is 6.80. The molecule has 0 saturated carbocycles. The Morgan fingerprint density at radius 2 is 2.36 bits per heavy atom. The van der Waals surface area contributed by atoms with Crippen LogP contribution in [0.15, 0.2) is 0 Å². The standard InChI is InChI=1S/C8H14O3/c1-2-3-8(4-5-11-8)6-7(9)10/h2-6H2,1H3,(H,9,10). The van der Waals surface area contributed by atoms with E-state index in [9.17, 15) is 4.79 Å². The monoisotopic (exact) mass is 158 g/mol. The molecule has 3 heteroatoms. The van der Waals surface area contributed by atoms with Crippen LogP contribution < -0.4 is 0 Å². The Morgan fingerprint density at radius 3 is 2.64 bits per heavy atom. The van der Waals surface area contributed by atoms with Crippen LogP contribution in [-0.4, -0.2) is 23.3 Å². The molecule has 1 fully saturated rings. The van der Waals surface area contributed by atoms with Gasteiger partial charge < -0.3 is 9.84 Å². The van der Waals surface area contributed by atoms with Crippen molar-refractivity contribution in [2.75, 3.05) is 6.61 Å². The highest BCUT2D eigenvalue weighted by atomic mass is 16.5. The Labute approximate surface area is 66.4 Å². The molecule has 0 amide bonds. The largest absolute Gasteiger partial charge is 0.481 e. The molecule has 1 saturated heterocycles. The molecule has 0 bridgehead atoms. The fourth-order valence-electron chi connectivity index (χ4n) is 1.55. The van der Waals surface area contributed by atoms with Crippen molar-refractivity contribution in [3.8, 4) is 0 Å². The molecule has 0 aromatic carbocycles. The first-order valence-corrected chi connectivity index (χ1v) is 4.04. The minimum Gasteiger partial charge on any atom is -0.481 e.